The highest BCUT2D eigenvalue weighted by Gasteiger charge is 2.30. The van der Waals surface area contributed by atoms with Crippen molar-refractivity contribution in [3.63, 3.8) is 0 Å². The molecular formula is C10H6Cl4N2. The van der Waals surface area contributed by atoms with Crippen LogP contribution in [0.5, 0.6) is 0 Å². The maximum Gasteiger partial charge on any atom is 0.233 e. The molecule has 0 spiro atoms. The minimum Gasteiger partial charge on any atom is -0.276 e. The number of aromatic amines is 1. The van der Waals surface area contributed by atoms with Crippen molar-refractivity contribution < 1.29 is 0 Å². The average Bonchev–Trinajstić information content (AvgIpc) is 2.61. The standard InChI is InChI=1S/C10H6Cl4N2/c11-7-8(6-4-2-1-3-5-6)15-16-9(7)10(12,13)14/h1-5H,(H,15,16). The second kappa shape index (κ2) is 4.46. The first-order valence-corrected chi connectivity index (χ1v) is 5.88. The predicted octanol–water partition coefficient (Wildman–Crippen LogP) is 4.56. The van der Waals surface area contributed by atoms with Gasteiger partial charge in [0.05, 0.1) is 5.02 Å². The molecule has 0 saturated heterocycles. The Morgan fingerprint density at radius 1 is 1.06 bits per heavy atom. The molecule has 0 unspecified atom stereocenters. The Hall–Kier alpha value is -0.410. The van der Waals surface area contributed by atoms with E-state index < -0.39 is 3.79 Å². The second-order valence-electron chi connectivity index (χ2n) is 3.12. The Labute approximate surface area is 112 Å². The summed E-state index contributed by atoms with van der Waals surface area (Å²) < 4.78 is -1.60. The summed E-state index contributed by atoms with van der Waals surface area (Å²) >= 11 is 23.3. The summed E-state index contributed by atoms with van der Waals surface area (Å²) in [6, 6.07) is 9.43. The Kier molecular flexibility index (Phi) is 3.36. The van der Waals surface area contributed by atoms with Crippen molar-refractivity contribution in [3.8, 4) is 11.3 Å². The van der Waals surface area contributed by atoms with Gasteiger partial charge in [-0.05, 0) is 0 Å². The first-order valence-electron chi connectivity index (χ1n) is 4.36. The topological polar surface area (TPSA) is 28.7 Å². The summed E-state index contributed by atoms with van der Waals surface area (Å²) in [6.07, 6.45) is 0. The van der Waals surface area contributed by atoms with Gasteiger partial charge in [0.1, 0.15) is 11.4 Å². The molecular weight excluding hydrogens is 290 g/mol. The molecule has 2 rings (SSSR count). The van der Waals surface area contributed by atoms with Gasteiger partial charge in [-0.2, -0.15) is 5.10 Å². The number of hydrogen-bond acceptors (Lipinski definition) is 1. The lowest BCUT2D eigenvalue weighted by Crippen LogP contribution is -2.00. The van der Waals surface area contributed by atoms with Crippen LogP contribution in [-0.4, -0.2) is 10.2 Å². The van der Waals surface area contributed by atoms with Gasteiger partial charge in [-0.3, -0.25) is 5.10 Å². The molecule has 0 aliphatic carbocycles. The first-order chi connectivity index (χ1) is 7.50. The largest absolute Gasteiger partial charge is 0.276 e. The van der Waals surface area contributed by atoms with E-state index in [-0.39, 0.29) is 5.69 Å². The Morgan fingerprint density at radius 3 is 2.19 bits per heavy atom. The summed E-state index contributed by atoms with van der Waals surface area (Å²) in [5.74, 6) is 0. The molecule has 0 saturated carbocycles. The number of rotatable bonds is 1. The Balaban J connectivity index is 2.50. The summed E-state index contributed by atoms with van der Waals surface area (Å²) in [7, 11) is 0. The van der Waals surface area contributed by atoms with E-state index in [0.29, 0.717) is 10.7 Å². The zero-order chi connectivity index (χ0) is 11.8. The van der Waals surface area contributed by atoms with Crippen LogP contribution in [0.15, 0.2) is 30.3 Å². The minimum absolute atomic E-state index is 0.276. The lowest BCUT2D eigenvalue weighted by atomic mass is 10.1. The van der Waals surface area contributed by atoms with Crippen LogP contribution in [0.25, 0.3) is 11.3 Å². The predicted molar refractivity (Wildman–Crippen MR) is 68.3 cm³/mol. The Bertz CT molecular complexity index is 487. The van der Waals surface area contributed by atoms with E-state index >= 15 is 0 Å². The molecule has 1 N–H and O–H groups in total. The SMILES string of the molecule is Clc1c(-c2ccccc2)n[nH]c1C(Cl)(Cl)Cl. The van der Waals surface area contributed by atoms with E-state index in [1.54, 1.807) is 0 Å². The number of nitrogens with one attached hydrogen (secondary N) is 1. The smallest absolute Gasteiger partial charge is 0.233 e. The summed E-state index contributed by atoms with van der Waals surface area (Å²) in [6.45, 7) is 0. The van der Waals surface area contributed by atoms with Crippen LogP contribution >= 0.6 is 46.4 Å². The van der Waals surface area contributed by atoms with Gasteiger partial charge in [0.25, 0.3) is 0 Å². The molecule has 1 aromatic heterocycles. The fourth-order valence-corrected chi connectivity index (χ4v) is 2.19. The van der Waals surface area contributed by atoms with Gasteiger partial charge in [-0.25, -0.2) is 0 Å². The van der Waals surface area contributed by atoms with Crippen LogP contribution in [0.1, 0.15) is 5.69 Å². The van der Waals surface area contributed by atoms with Crippen LogP contribution in [0.2, 0.25) is 5.02 Å². The summed E-state index contributed by atoms with van der Waals surface area (Å²) in [5.41, 5.74) is 1.71. The number of alkyl halides is 3. The maximum atomic E-state index is 6.10. The maximum absolute atomic E-state index is 6.10. The molecule has 0 atom stereocenters. The van der Waals surface area contributed by atoms with Crippen LogP contribution in [0.4, 0.5) is 0 Å². The quantitative estimate of drug-likeness (QED) is 0.768. The number of aromatic nitrogens is 2. The molecule has 0 aliphatic heterocycles. The molecule has 16 heavy (non-hydrogen) atoms. The van der Waals surface area contributed by atoms with E-state index in [1.165, 1.54) is 0 Å². The third-order valence-electron chi connectivity index (χ3n) is 2.04. The molecule has 0 aliphatic rings. The zero-order valence-corrected chi connectivity index (χ0v) is 10.9. The van der Waals surface area contributed by atoms with E-state index in [4.69, 9.17) is 46.4 Å². The molecule has 2 nitrogen and oxygen atoms in total. The van der Waals surface area contributed by atoms with E-state index in [0.717, 1.165) is 5.56 Å². The Morgan fingerprint density at radius 2 is 1.69 bits per heavy atom. The highest BCUT2D eigenvalue weighted by Crippen LogP contribution is 2.43. The minimum atomic E-state index is -1.60. The van der Waals surface area contributed by atoms with Crippen molar-refractivity contribution in [3.05, 3.63) is 41.0 Å². The van der Waals surface area contributed by atoms with Gasteiger partial charge in [-0.15, -0.1) is 0 Å². The number of nitrogens with zero attached hydrogens (tertiary/aromatic N) is 1. The average molecular weight is 296 g/mol. The number of benzene rings is 1. The number of H-pyrrole nitrogens is 1. The molecule has 6 heteroatoms. The lowest BCUT2D eigenvalue weighted by molar-refractivity contribution is 1.00. The molecule has 84 valence electrons. The fourth-order valence-electron chi connectivity index (χ4n) is 1.30. The molecule has 1 aromatic carbocycles. The zero-order valence-electron chi connectivity index (χ0n) is 7.85. The lowest BCUT2D eigenvalue weighted by Gasteiger charge is -2.07. The van der Waals surface area contributed by atoms with Crippen molar-refractivity contribution in [1.82, 2.24) is 10.2 Å². The fraction of sp³-hybridized carbons (Fsp3) is 0.100. The highest BCUT2D eigenvalue weighted by molar-refractivity contribution is 6.67. The van der Waals surface area contributed by atoms with Gasteiger partial charge in [0.15, 0.2) is 0 Å². The number of hydrogen-bond donors (Lipinski definition) is 1. The highest BCUT2D eigenvalue weighted by atomic mass is 35.6. The molecule has 1 heterocycles. The molecule has 0 fully saturated rings. The van der Waals surface area contributed by atoms with Gasteiger partial charge in [0, 0.05) is 5.56 Å². The molecule has 0 amide bonds. The van der Waals surface area contributed by atoms with Crippen molar-refractivity contribution >= 4 is 46.4 Å². The van der Waals surface area contributed by atoms with Crippen LogP contribution in [0, 0.1) is 0 Å². The molecule has 2 aromatic rings. The van der Waals surface area contributed by atoms with E-state index in [2.05, 4.69) is 10.2 Å². The van der Waals surface area contributed by atoms with Gasteiger partial charge in [0.2, 0.25) is 3.79 Å². The third-order valence-corrected chi connectivity index (χ3v) is 2.97. The van der Waals surface area contributed by atoms with Crippen molar-refractivity contribution in [2.45, 2.75) is 3.79 Å². The van der Waals surface area contributed by atoms with Crippen LogP contribution in [-0.2, 0) is 3.79 Å². The molecule has 0 bridgehead atoms. The van der Waals surface area contributed by atoms with E-state index in [9.17, 15) is 0 Å². The summed E-state index contributed by atoms with van der Waals surface area (Å²) in [5, 5.41) is 7.00. The molecule has 0 radical (unpaired) electrons. The number of halogens is 4. The second-order valence-corrected chi connectivity index (χ2v) is 5.78. The normalized spacial score (nSPS) is 11.8. The monoisotopic (exact) mass is 294 g/mol. The van der Waals surface area contributed by atoms with Gasteiger partial charge >= 0.3 is 0 Å². The summed E-state index contributed by atoms with van der Waals surface area (Å²) in [4.78, 5) is 0. The van der Waals surface area contributed by atoms with Gasteiger partial charge in [-0.1, -0.05) is 76.7 Å². The van der Waals surface area contributed by atoms with Gasteiger partial charge < -0.3 is 0 Å². The van der Waals surface area contributed by atoms with Crippen LogP contribution in [0.3, 0.4) is 0 Å². The van der Waals surface area contributed by atoms with Crippen molar-refractivity contribution in [1.29, 1.82) is 0 Å². The van der Waals surface area contributed by atoms with Crippen molar-refractivity contribution in [2.75, 3.05) is 0 Å². The third kappa shape index (κ3) is 2.30. The van der Waals surface area contributed by atoms with Crippen LogP contribution < -0.4 is 0 Å². The van der Waals surface area contributed by atoms with Crippen molar-refractivity contribution in [2.24, 2.45) is 0 Å². The van der Waals surface area contributed by atoms with E-state index in [1.807, 2.05) is 30.3 Å². The first kappa shape index (κ1) is 12.1.